The molecule has 0 bridgehead atoms. The van der Waals surface area contributed by atoms with Crippen molar-refractivity contribution in [1.29, 1.82) is 0 Å². The average Bonchev–Trinajstić information content (AvgIpc) is 2.18. The highest BCUT2D eigenvalue weighted by Gasteiger charge is 2.22. The lowest BCUT2D eigenvalue weighted by atomic mass is 10.2. The lowest BCUT2D eigenvalue weighted by Gasteiger charge is -2.02. The van der Waals surface area contributed by atoms with E-state index < -0.39 is 6.10 Å². The Hall–Kier alpha value is -0.770. The number of aliphatic hydroxyl groups is 1. The first kappa shape index (κ1) is 6.35. The SMILES string of the molecule is [N-]=[N+]=N[C@H]1CNC[C@H]1O. The van der Waals surface area contributed by atoms with Gasteiger partial charge in [0.05, 0.1) is 12.1 Å². The first-order chi connectivity index (χ1) is 4.34. The predicted octanol–water partition coefficient (Wildman–Crippen LogP) is -0.371. The molecule has 0 aromatic heterocycles. The van der Waals surface area contributed by atoms with Crippen LogP contribution in [0.2, 0.25) is 0 Å². The van der Waals surface area contributed by atoms with E-state index in [1.54, 1.807) is 0 Å². The van der Waals surface area contributed by atoms with Gasteiger partial charge < -0.3 is 10.4 Å². The van der Waals surface area contributed by atoms with E-state index in [1.807, 2.05) is 0 Å². The fourth-order valence-corrected chi connectivity index (χ4v) is 0.835. The number of azide groups is 1. The quantitative estimate of drug-likeness (QED) is 0.287. The third-order valence-corrected chi connectivity index (χ3v) is 1.35. The summed E-state index contributed by atoms with van der Waals surface area (Å²) in [6, 6.07) is -0.269. The minimum absolute atomic E-state index is 0.269. The number of aliphatic hydroxyl groups excluding tert-OH is 1. The van der Waals surface area contributed by atoms with E-state index in [1.165, 1.54) is 0 Å². The van der Waals surface area contributed by atoms with Crippen LogP contribution in [0.15, 0.2) is 5.11 Å². The van der Waals surface area contributed by atoms with Crippen LogP contribution in [0.5, 0.6) is 0 Å². The van der Waals surface area contributed by atoms with Crippen molar-refractivity contribution in [3.05, 3.63) is 10.4 Å². The van der Waals surface area contributed by atoms with Crippen molar-refractivity contribution in [2.45, 2.75) is 12.1 Å². The summed E-state index contributed by atoms with van der Waals surface area (Å²) < 4.78 is 0. The Bertz CT molecular complexity index is 142. The topological polar surface area (TPSA) is 81.0 Å². The van der Waals surface area contributed by atoms with Crippen molar-refractivity contribution in [2.24, 2.45) is 5.11 Å². The highest BCUT2D eigenvalue weighted by Crippen LogP contribution is 2.03. The number of β-amino-alcohol motifs (C(OH)–C–C–N with tert-alkyl or cyclic N) is 1. The fraction of sp³-hybridized carbons (Fsp3) is 1.00. The van der Waals surface area contributed by atoms with Crippen molar-refractivity contribution in [1.82, 2.24) is 5.32 Å². The molecule has 0 saturated carbocycles. The largest absolute Gasteiger partial charge is 0.391 e. The summed E-state index contributed by atoms with van der Waals surface area (Å²) in [5.74, 6) is 0. The summed E-state index contributed by atoms with van der Waals surface area (Å²) in [7, 11) is 0. The van der Waals surface area contributed by atoms with Crippen LogP contribution in [-0.2, 0) is 0 Å². The van der Waals surface area contributed by atoms with Gasteiger partial charge in [-0.25, -0.2) is 0 Å². The van der Waals surface area contributed by atoms with Gasteiger partial charge in [-0.2, -0.15) is 0 Å². The fourth-order valence-electron chi connectivity index (χ4n) is 0.835. The molecule has 0 radical (unpaired) electrons. The monoisotopic (exact) mass is 128 g/mol. The van der Waals surface area contributed by atoms with Crippen LogP contribution in [0.25, 0.3) is 10.4 Å². The summed E-state index contributed by atoms with van der Waals surface area (Å²) in [5.41, 5.74) is 7.96. The van der Waals surface area contributed by atoms with E-state index in [4.69, 9.17) is 10.6 Å². The molecule has 0 aromatic rings. The van der Waals surface area contributed by atoms with Gasteiger partial charge in [0.1, 0.15) is 0 Å². The molecule has 5 heteroatoms. The van der Waals surface area contributed by atoms with Crippen LogP contribution >= 0.6 is 0 Å². The van der Waals surface area contributed by atoms with E-state index in [-0.39, 0.29) is 6.04 Å². The van der Waals surface area contributed by atoms with Crippen molar-refractivity contribution in [2.75, 3.05) is 13.1 Å². The van der Waals surface area contributed by atoms with Crippen LogP contribution < -0.4 is 5.32 Å². The molecule has 1 aliphatic rings. The smallest absolute Gasteiger partial charge is 0.0770 e. The molecule has 1 heterocycles. The minimum Gasteiger partial charge on any atom is -0.391 e. The van der Waals surface area contributed by atoms with Crippen LogP contribution in [0.4, 0.5) is 0 Å². The Balaban J connectivity index is 2.49. The first-order valence-corrected chi connectivity index (χ1v) is 2.77. The van der Waals surface area contributed by atoms with Gasteiger partial charge in [0.2, 0.25) is 0 Å². The molecule has 1 aliphatic heterocycles. The molecule has 1 rings (SSSR count). The molecule has 9 heavy (non-hydrogen) atoms. The van der Waals surface area contributed by atoms with E-state index >= 15 is 0 Å². The summed E-state index contributed by atoms with van der Waals surface area (Å²) in [6.45, 7) is 1.12. The number of nitrogens with one attached hydrogen (secondary N) is 1. The van der Waals surface area contributed by atoms with E-state index in [0.717, 1.165) is 0 Å². The summed E-state index contributed by atoms with van der Waals surface area (Å²) in [6.07, 6.45) is -0.499. The Kier molecular flexibility index (Phi) is 1.89. The molecule has 0 unspecified atom stereocenters. The molecular weight excluding hydrogens is 120 g/mol. The maximum absolute atomic E-state index is 8.99. The summed E-state index contributed by atoms with van der Waals surface area (Å²) in [5, 5.41) is 15.3. The van der Waals surface area contributed by atoms with Crippen LogP contribution in [0.3, 0.4) is 0 Å². The molecule has 0 spiro atoms. The zero-order valence-corrected chi connectivity index (χ0v) is 4.86. The maximum Gasteiger partial charge on any atom is 0.0770 e. The number of rotatable bonds is 1. The molecule has 2 N–H and O–H groups in total. The second kappa shape index (κ2) is 2.68. The molecule has 1 fully saturated rings. The molecular formula is C4H8N4O. The van der Waals surface area contributed by atoms with Gasteiger partial charge in [0.15, 0.2) is 0 Å². The van der Waals surface area contributed by atoms with Crippen LogP contribution in [0.1, 0.15) is 0 Å². The average molecular weight is 128 g/mol. The molecule has 5 nitrogen and oxygen atoms in total. The summed E-state index contributed by atoms with van der Waals surface area (Å²) in [4.78, 5) is 2.59. The predicted molar refractivity (Wildman–Crippen MR) is 31.8 cm³/mol. The highest BCUT2D eigenvalue weighted by atomic mass is 16.3. The Morgan fingerprint density at radius 2 is 2.44 bits per heavy atom. The van der Waals surface area contributed by atoms with Crippen molar-refractivity contribution < 1.29 is 5.11 Å². The molecule has 0 aliphatic carbocycles. The molecule has 0 amide bonds. The van der Waals surface area contributed by atoms with Gasteiger partial charge in [-0.05, 0) is 5.53 Å². The van der Waals surface area contributed by atoms with E-state index in [9.17, 15) is 0 Å². The lowest BCUT2D eigenvalue weighted by molar-refractivity contribution is 0.179. The highest BCUT2D eigenvalue weighted by molar-refractivity contribution is 4.86. The third-order valence-electron chi connectivity index (χ3n) is 1.35. The Labute approximate surface area is 52.3 Å². The number of hydrogen-bond acceptors (Lipinski definition) is 3. The molecule has 2 atom stereocenters. The van der Waals surface area contributed by atoms with Crippen LogP contribution in [-0.4, -0.2) is 30.3 Å². The van der Waals surface area contributed by atoms with Crippen molar-refractivity contribution in [3.63, 3.8) is 0 Å². The Morgan fingerprint density at radius 1 is 1.67 bits per heavy atom. The van der Waals surface area contributed by atoms with Crippen LogP contribution in [0, 0.1) is 0 Å². The Morgan fingerprint density at radius 3 is 2.89 bits per heavy atom. The molecule has 1 saturated heterocycles. The third kappa shape index (κ3) is 1.32. The lowest BCUT2D eigenvalue weighted by Crippen LogP contribution is -2.20. The molecule has 50 valence electrons. The molecule has 0 aromatic carbocycles. The van der Waals surface area contributed by atoms with Crippen molar-refractivity contribution >= 4 is 0 Å². The summed E-state index contributed by atoms with van der Waals surface area (Å²) >= 11 is 0. The van der Waals surface area contributed by atoms with Gasteiger partial charge in [0, 0.05) is 18.0 Å². The van der Waals surface area contributed by atoms with Gasteiger partial charge >= 0.3 is 0 Å². The van der Waals surface area contributed by atoms with Gasteiger partial charge in [-0.15, -0.1) is 0 Å². The minimum atomic E-state index is -0.499. The standard InChI is InChI=1S/C4H8N4O/c5-8-7-3-1-6-2-4(3)9/h3-4,6,9H,1-2H2/t3-,4+/m0/s1. The second-order valence-electron chi connectivity index (χ2n) is 2.00. The maximum atomic E-state index is 8.99. The first-order valence-electron chi connectivity index (χ1n) is 2.77. The second-order valence-corrected chi connectivity index (χ2v) is 2.00. The van der Waals surface area contributed by atoms with Gasteiger partial charge in [-0.1, -0.05) is 5.11 Å². The number of nitrogens with zero attached hydrogens (tertiary/aromatic N) is 3. The van der Waals surface area contributed by atoms with Gasteiger partial charge in [0.25, 0.3) is 0 Å². The zero-order valence-electron chi connectivity index (χ0n) is 4.86. The number of hydrogen-bond donors (Lipinski definition) is 2. The zero-order chi connectivity index (χ0) is 6.69. The van der Waals surface area contributed by atoms with E-state index in [2.05, 4.69) is 15.3 Å². The van der Waals surface area contributed by atoms with Crippen molar-refractivity contribution in [3.8, 4) is 0 Å². The normalized spacial score (nSPS) is 33.9. The van der Waals surface area contributed by atoms with Gasteiger partial charge in [-0.3, -0.25) is 0 Å². The van der Waals surface area contributed by atoms with E-state index in [0.29, 0.717) is 13.1 Å².